The van der Waals surface area contributed by atoms with E-state index in [1.165, 1.54) is 18.2 Å². The van der Waals surface area contributed by atoms with Gasteiger partial charge in [-0.15, -0.1) is 0 Å². The lowest BCUT2D eigenvalue weighted by atomic mass is 10.2. The van der Waals surface area contributed by atoms with Crippen LogP contribution in [-0.2, 0) is 0 Å². The molecule has 1 N–H and O–H groups in total. The van der Waals surface area contributed by atoms with E-state index in [4.69, 9.17) is 4.74 Å². The second-order valence-corrected chi connectivity index (χ2v) is 2.74. The van der Waals surface area contributed by atoms with E-state index in [1.807, 2.05) is 0 Å². The third-order valence-corrected chi connectivity index (χ3v) is 1.83. The molecule has 4 heteroatoms. The Labute approximate surface area is 74.5 Å². The summed E-state index contributed by atoms with van der Waals surface area (Å²) in [4.78, 5) is 11.3. The number of rotatable bonds is 0. The summed E-state index contributed by atoms with van der Waals surface area (Å²) in [5, 5.41) is 2.63. The molecule has 3 nitrogen and oxygen atoms in total. The molecule has 0 aliphatic carbocycles. The first kappa shape index (κ1) is 8.04. The average Bonchev–Trinajstić information content (AvgIpc) is 2.28. The van der Waals surface area contributed by atoms with Gasteiger partial charge in [-0.2, -0.15) is 0 Å². The molecule has 1 aromatic carbocycles. The molecule has 1 heterocycles. The molecule has 0 unspecified atom stereocenters. The van der Waals surface area contributed by atoms with Crippen LogP contribution in [0.25, 0.3) is 0 Å². The molecule has 1 aliphatic rings. The van der Waals surface area contributed by atoms with Crippen molar-refractivity contribution in [2.45, 2.75) is 0 Å². The molecule has 0 spiro atoms. The van der Waals surface area contributed by atoms with Gasteiger partial charge in [-0.3, -0.25) is 4.79 Å². The Morgan fingerprint density at radius 2 is 2.31 bits per heavy atom. The highest BCUT2D eigenvalue weighted by atomic mass is 19.1. The normalized spacial score (nSPS) is 15.3. The van der Waals surface area contributed by atoms with Gasteiger partial charge in [0.05, 0.1) is 12.1 Å². The quantitative estimate of drug-likeness (QED) is 0.647. The Bertz CT molecular complexity index is 351. The third kappa shape index (κ3) is 1.47. The van der Waals surface area contributed by atoms with Crippen LogP contribution >= 0.6 is 0 Å². The minimum atomic E-state index is -0.395. The van der Waals surface area contributed by atoms with Crippen molar-refractivity contribution in [2.24, 2.45) is 0 Å². The lowest BCUT2D eigenvalue weighted by molar-refractivity contribution is 0.0957. The van der Waals surface area contributed by atoms with Crippen molar-refractivity contribution in [3.63, 3.8) is 0 Å². The first-order valence-corrected chi connectivity index (χ1v) is 3.98. The van der Waals surface area contributed by atoms with Crippen molar-refractivity contribution in [3.8, 4) is 5.75 Å². The Kier molecular flexibility index (Phi) is 1.88. The second kappa shape index (κ2) is 3.05. The van der Waals surface area contributed by atoms with E-state index in [-0.39, 0.29) is 5.91 Å². The number of benzene rings is 1. The lowest BCUT2D eigenvalue weighted by Gasteiger charge is -2.03. The molecule has 0 fully saturated rings. The number of halogens is 1. The van der Waals surface area contributed by atoms with Crippen molar-refractivity contribution in [1.82, 2.24) is 5.32 Å². The molecule has 13 heavy (non-hydrogen) atoms. The second-order valence-electron chi connectivity index (χ2n) is 2.74. The molecule has 68 valence electrons. The highest BCUT2D eigenvalue weighted by molar-refractivity contribution is 5.97. The van der Waals surface area contributed by atoms with Crippen molar-refractivity contribution in [2.75, 3.05) is 13.2 Å². The van der Waals surface area contributed by atoms with Gasteiger partial charge in [0.2, 0.25) is 0 Å². The number of hydrogen-bond donors (Lipinski definition) is 1. The predicted molar refractivity (Wildman–Crippen MR) is 44.2 cm³/mol. The summed E-state index contributed by atoms with van der Waals surface area (Å²) in [7, 11) is 0. The fourth-order valence-corrected chi connectivity index (χ4v) is 1.22. The van der Waals surface area contributed by atoms with Crippen LogP contribution in [-0.4, -0.2) is 19.1 Å². The highest BCUT2D eigenvalue weighted by Crippen LogP contribution is 2.20. The van der Waals surface area contributed by atoms with E-state index in [0.29, 0.717) is 24.5 Å². The van der Waals surface area contributed by atoms with E-state index < -0.39 is 5.82 Å². The Morgan fingerprint density at radius 3 is 3.15 bits per heavy atom. The molecule has 0 saturated carbocycles. The summed E-state index contributed by atoms with van der Waals surface area (Å²) in [6.45, 7) is 0.831. The molecule has 1 aromatic rings. The van der Waals surface area contributed by atoms with Gasteiger partial charge in [0.15, 0.2) is 0 Å². The van der Waals surface area contributed by atoms with E-state index in [0.717, 1.165) is 0 Å². The Morgan fingerprint density at radius 1 is 1.46 bits per heavy atom. The topological polar surface area (TPSA) is 38.3 Å². The Balaban J connectivity index is 2.48. The molecule has 0 radical (unpaired) electrons. The molecule has 2 rings (SSSR count). The summed E-state index contributed by atoms with van der Waals surface area (Å²) in [5.74, 6) is -0.295. The van der Waals surface area contributed by atoms with E-state index in [9.17, 15) is 9.18 Å². The zero-order valence-corrected chi connectivity index (χ0v) is 6.84. The monoisotopic (exact) mass is 181 g/mol. The van der Waals surface area contributed by atoms with E-state index in [2.05, 4.69) is 5.32 Å². The van der Waals surface area contributed by atoms with Gasteiger partial charge in [-0.05, 0) is 12.1 Å². The Hall–Kier alpha value is -1.58. The van der Waals surface area contributed by atoms with Crippen molar-refractivity contribution >= 4 is 5.91 Å². The number of amides is 1. The first-order valence-electron chi connectivity index (χ1n) is 3.98. The number of carbonyl (C=O) groups excluding carboxylic acids is 1. The van der Waals surface area contributed by atoms with Gasteiger partial charge < -0.3 is 10.1 Å². The fraction of sp³-hybridized carbons (Fsp3) is 0.222. The summed E-state index contributed by atoms with van der Waals surface area (Å²) < 4.78 is 17.9. The fourth-order valence-electron chi connectivity index (χ4n) is 1.22. The summed E-state index contributed by atoms with van der Waals surface area (Å²) in [6.07, 6.45) is 0. The van der Waals surface area contributed by atoms with Crippen LogP contribution in [0.1, 0.15) is 10.4 Å². The first-order chi connectivity index (χ1) is 6.27. The molecular weight excluding hydrogens is 173 g/mol. The summed E-state index contributed by atoms with van der Waals surface area (Å²) >= 11 is 0. The van der Waals surface area contributed by atoms with Crippen LogP contribution in [0.5, 0.6) is 5.75 Å². The van der Waals surface area contributed by atoms with Gasteiger partial charge in [0.25, 0.3) is 5.91 Å². The van der Waals surface area contributed by atoms with Crippen LogP contribution < -0.4 is 10.1 Å². The zero-order valence-electron chi connectivity index (χ0n) is 6.84. The lowest BCUT2D eigenvalue weighted by Crippen LogP contribution is -2.24. The minimum absolute atomic E-state index is 0.215. The van der Waals surface area contributed by atoms with Gasteiger partial charge in [-0.1, -0.05) is 0 Å². The smallest absolute Gasteiger partial charge is 0.255 e. The number of hydrogen-bond acceptors (Lipinski definition) is 2. The minimum Gasteiger partial charge on any atom is -0.491 e. The maximum absolute atomic E-state index is 12.7. The number of fused-ring (bicyclic) bond motifs is 1. The van der Waals surface area contributed by atoms with Gasteiger partial charge >= 0.3 is 0 Å². The van der Waals surface area contributed by atoms with Crippen molar-refractivity contribution in [3.05, 3.63) is 29.6 Å². The SMILES string of the molecule is O=C1NCCOc2cc(F)ccc21. The molecule has 0 saturated heterocycles. The molecule has 0 bridgehead atoms. The molecule has 0 atom stereocenters. The summed E-state index contributed by atoms with van der Waals surface area (Å²) in [6, 6.07) is 3.89. The van der Waals surface area contributed by atoms with Gasteiger partial charge in [-0.25, -0.2) is 4.39 Å². The number of nitrogens with one attached hydrogen (secondary N) is 1. The van der Waals surface area contributed by atoms with E-state index in [1.54, 1.807) is 0 Å². The van der Waals surface area contributed by atoms with Gasteiger partial charge in [0.1, 0.15) is 18.2 Å². The molecule has 1 amide bonds. The van der Waals surface area contributed by atoms with Crippen molar-refractivity contribution in [1.29, 1.82) is 0 Å². The third-order valence-electron chi connectivity index (χ3n) is 1.83. The van der Waals surface area contributed by atoms with Gasteiger partial charge in [0, 0.05) is 6.07 Å². The zero-order chi connectivity index (χ0) is 9.26. The molecule has 1 aliphatic heterocycles. The average molecular weight is 181 g/mol. The van der Waals surface area contributed by atoms with Crippen LogP contribution in [0, 0.1) is 5.82 Å². The molecular formula is C9H8FNO2. The maximum atomic E-state index is 12.7. The van der Waals surface area contributed by atoms with Crippen LogP contribution in [0.4, 0.5) is 4.39 Å². The van der Waals surface area contributed by atoms with E-state index >= 15 is 0 Å². The highest BCUT2D eigenvalue weighted by Gasteiger charge is 2.15. The number of ether oxygens (including phenoxy) is 1. The van der Waals surface area contributed by atoms with Crippen LogP contribution in [0.15, 0.2) is 18.2 Å². The largest absolute Gasteiger partial charge is 0.491 e. The standard InChI is InChI=1S/C9H8FNO2/c10-6-1-2-7-8(5-6)13-4-3-11-9(7)12/h1-2,5H,3-4H2,(H,11,12). The maximum Gasteiger partial charge on any atom is 0.255 e. The van der Waals surface area contributed by atoms with Crippen LogP contribution in [0.2, 0.25) is 0 Å². The number of carbonyl (C=O) groups is 1. The summed E-state index contributed by atoms with van der Waals surface area (Å²) in [5.41, 5.74) is 0.388. The van der Waals surface area contributed by atoms with Crippen LogP contribution in [0.3, 0.4) is 0 Å². The van der Waals surface area contributed by atoms with Crippen molar-refractivity contribution < 1.29 is 13.9 Å². The molecule has 0 aromatic heterocycles. The predicted octanol–water partition coefficient (Wildman–Crippen LogP) is 0.948.